The minimum atomic E-state index is -0.227. The number of aromatic hydroxyl groups is 2. The summed E-state index contributed by atoms with van der Waals surface area (Å²) < 4.78 is 5.35. The Labute approximate surface area is 140 Å². The van der Waals surface area contributed by atoms with E-state index in [1.54, 1.807) is 36.4 Å². The second kappa shape index (κ2) is 6.80. The average Bonchev–Trinajstić information content (AvgIpc) is 2.55. The number of carbonyl (C=O) groups excluding carboxylic acids is 1. The maximum atomic E-state index is 11.5. The Morgan fingerprint density at radius 1 is 1.17 bits per heavy atom. The van der Waals surface area contributed by atoms with Gasteiger partial charge in [0, 0.05) is 25.6 Å². The van der Waals surface area contributed by atoms with Crippen LogP contribution >= 0.6 is 0 Å². The summed E-state index contributed by atoms with van der Waals surface area (Å²) in [5.41, 5.74) is 2.31. The van der Waals surface area contributed by atoms with Gasteiger partial charge in [-0.3, -0.25) is 4.79 Å². The number of nitrogens with one attached hydrogen (secondary N) is 1. The number of ether oxygens (including phenoxy) is 1. The molecule has 0 unspecified atom stereocenters. The van der Waals surface area contributed by atoms with E-state index in [0.29, 0.717) is 48.8 Å². The van der Waals surface area contributed by atoms with Gasteiger partial charge in [-0.05, 0) is 29.8 Å². The number of nitrogens with zero attached hydrogens (tertiary/aromatic N) is 1. The molecule has 1 aliphatic rings. The summed E-state index contributed by atoms with van der Waals surface area (Å²) in [6.07, 6.45) is 0. The number of morpholine rings is 1. The van der Waals surface area contributed by atoms with E-state index in [4.69, 9.17) is 4.74 Å². The molecule has 2 aromatic carbocycles. The van der Waals surface area contributed by atoms with Crippen LogP contribution in [0, 0.1) is 0 Å². The minimum Gasteiger partial charge on any atom is -0.508 e. The number of amides is 1. The first-order chi connectivity index (χ1) is 11.6. The standard InChI is InChI=1S/C18H20N2O4/c1-12(21)19-15-5-6-16(20-7-9-24-10-8-20)18(23)17(15)13-3-2-4-14(22)11-13/h2-6,11,22-23H,7-10H2,1H3,(H,19,21). The van der Waals surface area contributed by atoms with Gasteiger partial charge in [-0.1, -0.05) is 12.1 Å². The highest BCUT2D eigenvalue weighted by molar-refractivity contribution is 5.97. The van der Waals surface area contributed by atoms with Crippen LogP contribution < -0.4 is 10.2 Å². The molecule has 0 spiro atoms. The van der Waals surface area contributed by atoms with E-state index in [2.05, 4.69) is 5.32 Å². The molecule has 24 heavy (non-hydrogen) atoms. The molecule has 0 aliphatic carbocycles. The van der Waals surface area contributed by atoms with Crippen molar-refractivity contribution in [3.05, 3.63) is 36.4 Å². The van der Waals surface area contributed by atoms with Gasteiger partial charge in [-0.2, -0.15) is 0 Å². The van der Waals surface area contributed by atoms with Crippen molar-refractivity contribution in [1.82, 2.24) is 0 Å². The maximum Gasteiger partial charge on any atom is 0.221 e. The molecule has 0 saturated carbocycles. The van der Waals surface area contributed by atoms with Crippen LogP contribution in [0.2, 0.25) is 0 Å². The zero-order chi connectivity index (χ0) is 17.1. The summed E-state index contributed by atoms with van der Waals surface area (Å²) in [6, 6.07) is 10.2. The summed E-state index contributed by atoms with van der Waals surface area (Å²) in [5, 5.41) is 23.4. The fourth-order valence-corrected chi connectivity index (χ4v) is 2.89. The number of anilines is 2. The summed E-state index contributed by atoms with van der Waals surface area (Å²) in [6.45, 7) is 4.00. The smallest absolute Gasteiger partial charge is 0.221 e. The van der Waals surface area contributed by atoms with Crippen LogP contribution in [-0.2, 0) is 9.53 Å². The van der Waals surface area contributed by atoms with Crippen LogP contribution in [0.1, 0.15) is 6.92 Å². The molecule has 2 aromatic rings. The van der Waals surface area contributed by atoms with E-state index >= 15 is 0 Å². The number of hydrogen-bond donors (Lipinski definition) is 3. The molecule has 6 nitrogen and oxygen atoms in total. The van der Waals surface area contributed by atoms with Gasteiger partial charge in [0.15, 0.2) is 0 Å². The highest BCUT2D eigenvalue weighted by Gasteiger charge is 2.21. The average molecular weight is 328 g/mol. The quantitative estimate of drug-likeness (QED) is 0.807. The van der Waals surface area contributed by atoms with Crippen molar-refractivity contribution >= 4 is 17.3 Å². The molecule has 1 fully saturated rings. The first-order valence-electron chi connectivity index (χ1n) is 7.82. The number of carbonyl (C=O) groups is 1. The lowest BCUT2D eigenvalue weighted by Gasteiger charge is -2.30. The van der Waals surface area contributed by atoms with Crippen LogP contribution in [0.15, 0.2) is 36.4 Å². The van der Waals surface area contributed by atoms with Gasteiger partial charge in [-0.15, -0.1) is 0 Å². The molecule has 0 bridgehead atoms. The third-order valence-corrected chi connectivity index (χ3v) is 3.95. The SMILES string of the molecule is CC(=O)Nc1ccc(N2CCOCC2)c(O)c1-c1cccc(O)c1. The molecule has 3 N–H and O–H groups in total. The van der Waals surface area contributed by atoms with Gasteiger partial charge in [0.25, 0.3) is 0 Å². The summed E-state index contributed by atoms with van der Waals surface area (Å²) >= 11 is 0. The second-order valence-electron chi connectivity index (χ2n) is 5.69. The predicted molar refractivity (Wildman–Crippen MR) is 92.5 cm³/mol. The Morgan fingerprint density at radius 3 is 2.58 bits per heavy atom. The van der Waals surface area contributed by atoms with Gasteiger partial charge in [-0.25, -0.2) is 0 Å². The summed E-state index contributed by atoms with van der Waals surface area (Å²) in [4.78, 5) is 13.5. The monoisotopic (exact) mass is 328 g/mol. The molecule has 1 saturated heterocycles. The normalized spacial score (nSPS) is 14.5. The lowest BCUT2D eigenvalue weighted by Crippen LogP contribution is -2.36. The van der Waals surface area contributed by atoms with Crippen LogP contribution in [0.25, 0.3) is 11.1 Å². The van der Waals surface area contributed by atoms with Crippen molar-refractivity contribution in [2.45, 2.75) is 6.92 Å². The topological polar surface area (TPSA) is 82.0 Å². The van der Waals surface area contributed by atoms with Crippen molar-refractivity contribution in [2.75, 3.05) is 36.5 Å². The first kappa shape index (κ1) is 16.1. The van der Waals surface area contributed by atoms with E-state index in [-0.39, 0.29) is 17.4 Å². The van der Waals surface area contributed by atoms with E-state index < -0.39 is 0 Å². The zero-order valence-electron chi connectivity index (χ0n) is 13.5. The molecule has 1 aliphatic heterocycles. The van der Waals surface area contributed by atoms with Crippen LogP contribution in [-0.4, -0.2) is 42.4 Å². The molecule has 0 aromatic heterocycles. The number of hydrogen-bond acceptors (Lipinski definition) is 5. The van der Waals surface area contributed by atoms with Crippen LogP contribution in [0.3, 0.4) is 0 Å². The van der Waals surface area contributed by atoms with Crippen molar-refractivity contribution in [3.63, 3.8) is 0 Å². The van der Waals surface area contributed by atoms with E-state index in [9.17, 15) is 15.0 Å². The lowest BCUT2D eigenvalue weighted by molar-refractivity contribution is -0.114. The first-order valence-corrected chi connectivity index (χ1v) is 7.82. The van der Waals surface area contributed by atoms with E-state index in [1.807, 2.05) is 4.90 Å². The lowest BCUT2D eigenvalue weighted by atomic mass is 10.00. The van der Waals surface area contributed by atoms with E-state index in [1.165, 1.54) is 6.92 Å². The Morgan fingerprint density at radius 2 is 1.92 bits per heavy atom. The zero-order valence-corrected chi connectivity index (χ0v) is 13.5. The number of phenols is 2. The maximum absolute atomic E-state index is 11.5. The molecule has 3 rings (SSSR count). The van der Waals surface area contributed by atoms with Crippen molar-refractivity contribution in [3.8, 4) is 22.6 Å². The Balaban J connectivity index is 2.12. The second-order valence-corrected chi connectivity index (χ2v) is 5.69. The number of rotatable bonds is 3. The van der Waals surface area contributed by atoms with Crippen molar-refractivity contribution in [1.29, 1.82) is 0 Å². The fourth-order valence-electron chi connectivity index (χ4n) is 2.89. The highest BCUT2D eigenvalue weighted by Crippen LogP contribution is 2.43. The molecule has 1 amide bonds. The van der Waals surface area contributed by atoms with Gasteiger partial charge in [0.2, 0.25) is 5.91 Å². The van der Waals surface area contributed by atoms with Crippen LogP contribution in [0.4, 0.5) is 11.4 Å². The van der Waals surface area contributed by atoms with Gasteiger partial charge in [0.05, 0.1) is 24.6 Å². The van der Waals surface area contributed by atoms with Crippen LogP contribution in [0.5, 0.6) is 11.5 Å². The molecule has 6 heteroatoms. The Kier molecular flexibility index (Phi) is 4.57. The summed E-state index contributed by atoms with van der Waals surface area (Å²) in [7, 11) is 0. The number of benzene rings is 2. The van der Waals surface area contributed by atoms with E-state index in [0.717, 1.165) is 0 Å². The Bertz CT molecular complexity index is 755. The molecule has 1 heterocycles. The summed E-state index contributed by atoms with van der Waals surface area (Å²) in [5.74, 6) is -0.0545. The predicted octanol–water partition coefficient (Wildman–Crippen LogP) is 2.56. The minimum absolute atomic E-state index is 0.0775. The van der Waals surface area contributed by atoms with Crippen molar-refractivity contribution < 1.29 is 19.7 Å². The van der Waals surface area contributed by atoms with Crippen molar-refractivity contribution in [2.24, 2.45) is 0 Å². The third kappa shape index (κ3) is 3.28. The third-order valence-electron chi connectivity index (χ3n) is 3.95. The molecule has 0 radical (unpaired) electrons. The van der Waals surface area contributed by atoms with Gasteiger partial charge in [0.1, 0.15) is 11.5 Å². The Hall–Kier alpha value is -2.73. The molecular weight excluding hydrogens is 308 g/mol. The number of phenolic OH excluding ortho intramolecular Hbond substituents is 2. The molecular formula is C18H20N2O4. The van der Waals surface area contributed by atoms with Gasteiger partial charge < -0.3 is 25.2 Å². The molecule has 0 atom stereocenters. The molecule has 126 valence electrons. The fraction of sp³-hybridized carbons (Fsp3) is 0.278. The van der Waals surface area contributed by atoms with Gasteiger partial charge >= 0.3 is 0 Å². The largest absolute Gasteiger partial charge is 0.508 e. The highest BCUT2D eigenvalue weighted by atomic mass is 16.5.